The van der Waals surface area contributed by atoms with Crippen molar-refractivity contribution in [2.24, 2.45) is 5.92 Å². The van der Waals surface area contributed by atoms with Gasteiger partial charge in [0, 0.05) is 6.54 Å². The summed E-state index contributed by atoms with van der Waals surface area (Å²) >= 11 is 0. The molecule has 2 aromatic carbocycles. The lowest BCUT2D eigenvalue weighted by molar-refractivity contribution is -0.131. The number of carboxylic acids is 1. The van der Waals surface area contributed by atoms with Crippen LogP contribution >= 0.6 is 0 Å². The summed E-state index contributed by atoms with van der Waals surface area (Å²) in [7, 11) is 0. The Labute approximate surface area is 145 Å². The fourth-order valence-electron chi connectivity index (χ4n) is 3.47. The van der Waals surface area contributed by atoms with Crippen molar-refractivity contribution < 1.29 is 19.1 Å². The molecule has 2 aromatic rings. The van der Waals surface area contributed by atoms with Crippen LogP contribution in [-0.2, 0) is 11.2 Å². The van der Waals surface area contributed by atoms with Crippen molar-refractivity contribution in [3.8, 4) is 0 Å². The van der Waals surface area contributed by atoms with E-state index in [1.807, 2.05) is 11.0 Å². The summed E-state index contributed by atoms with van der Waals surface area (Å²) < 4.78 is 13.6. The second kappa shape index (κ2) is 7.05. The van der Waals surface area contributed by atoms with E-state index < -0.39 is 5.97 Å². The fraction of sp³-hybridized carbons (Fsp3) is 0.300. The average Bonchev–Trinajstić information content (AvgIpc) is 2.97. The number of hydrogen-bond acceptors (Lipinski definition) is 2. The molecular formula is C20H20FNO3. The minimum absolute atomic E-state index is 0.0262. The molecule has 0 aromatic heterocycles. The van der Waals surface area contributed by atoms with Gasteiger partial charge in [-0.3, -0.25) is 4.79 Å². The minimum atomic E-state index is -0.989. The zero-order chi connectivity index (χ0) is 18.0. The smallest absolute Gasteiger partial charge is 0.335 e. The van der Waals surface area contributed by atoms with Crippen LogP contribution in [0.5, 0.6) is 0 Å². The summed E-state index contributed by atoms with van der Waals surface area (Å²) in [6.45, 7) is 2.72. The molecule has 0 bridgehead atoms. The Kier molecular flexibility index (Phi) is 4.83. The summed E-state index contributed by atoms with van der Waals surface area (Å²) in [5.74, 6) is -1.05. The van der Waals surface area contributed by atoms with Crippen LogP contribution in [0.25, 0.3) is 0 Å². The first-order chi connectivity index (χ1) is 12.0. The first-order valence-corrected chi connectivity index (χ1v) is 8.33. The summed E-state index contributed by atoms with van der Waals surface area (Å²) in [5.41, 5.74) is 1.79. The van der Waals surface area contributed by atoms with Gasteiger partial charge < -0.3 is 10.0 Å². The van der Waals surface area contributed by atoms with Gasteiger partial charge in [0.1, 0.15) is 5.82 Å². The summed E-state index contributed by atoms with van der Waals surface area (Å²) in [4.78, 5) is 25.5. The molecule has 1 aliphatic heterocycles. The van der Waals surface area contributed by atoms with Crippen molar-refractivity contribution in [2.45, 2.75) is 25.8 Å². The Hall–Kier alpha value is -2.69. The largest absolute Gasteiger partial charge is 0.478 e. The van der Waals surface area contributed by atoms with Crippen LogP contribution in [0.15, 0.2) is 48.5 Å². The maximum absolute atomic E-state index is 13.6. The van der Waals surface area contributed by atoms with E-state index in [1.165, 1.54) is 24.3 Å². The third kappa shape index (κ3) is 3.71. The Morgan fingerprint density at radius 3 is 2.56 bits per heavy atom. The monoisotopic (exact) mass is 341 g/mol. The average molecular weight is 341 g/mol. The lowest BCUT2D eigenvalue weighted by atomic mass is 9.95. The quantitative estimate of drug-likeness (QED) is 0.923. The zero-order valence-electron chi connectivity index (χ0n) is 14.0. The Bertz CT molecular complexity index is 788. The van der Waals surface area contributed by atoms with E-state index in [-0.39, 0.29) is 35.7 Å². The van der Waals surface area contributed by atoms with Crippen LogP contribution in [0, 0.1) is 11.7 Å². The number of carbonyl (C=O) groups is 2. The number of nitrogens with zero attached hydrogens (tertiary/aromatic N) is 1. The first-order valence-electron chi connectivity index (χ1n) is 8.33. The van der Waals surface area contributed by atoms with E-state index in [0.717, 1.165) is 17.5 Å². The van der Waals surface area contributed by atoms with E-state index in [1.54, 1.807) is 18.2 Å². The van der Waals surface area contributed by atoms with Crippen LogP contribution in [0.3, 0.4) is 0 Å². The Morgan fingerprint density at radius 2 is 1.92 bits per heavy atom. The molecule has 25 heavy (non-hydrogen) atoms. The van der Waals surface area contributed by atoms with E-state index in [0.29, 0.717) is 6.54 Å². The molecule has 4 nitrogen and oxygen atoms in total. The number of rotatable bonds is 4. The van der Waals surface area contributed by atoms with Gasteiger partial charge >= 0.3 is 5.97 Å². The van der Waals surface area contributed by atoms with Crippen LogP contribution in [0.2, 0.25) is 0 Å². The molecule has 130 valence electrons. The van der Waals surface area contributed by atoms with Crippen molar-refractivity contribution in [3.63, 3.8) is 0 Å². The molecule has 0 aliphatic carbocycles. The Balaban J connectivity index is 1.77. The highest BCUT2D eigenvalue weighted by atomic mass is 19.1. The molecule has 0 radical (unpaired) electrons. The van der Waals surface area contributed by atoms with Gasteiger partial charge in [0.25, 0.3) is 0 Å². The van der Waals surface area contributed by atoms with Gasteiger partial charge in [0.05, 0.1) is 18.0 Å². The number of likely N-dealkylation sites (tertiary alicyclic amines) is 1. The molecule has 5 heteroatoms. The number of halogens is 1. The standard InChI is InChI=1S/C20H20FNO3/c1-13-9-10-22(19(13)16-3-2-4-17(21)12-16)18(23)11-14-5-7-15(8-6-14)20(24)25/h2-8,12-13,19H,9-11H2,1H3,(H,24,25). The van der Waals surface area contributed by atoms with Crippen LogP contribution in [0.4, 0.5) is 4.39 Å². The second-order valence-corrected chi connectivity index (χ2v) is 6.53. The van der Waals surface area contributed by atoms with Gasteiger partial charge in [-0.2, -0.15) is 0 Å². The number of aromatic carboxylic acids is 1. The molecular weight excluding hydrogens is 321 g/mol. The predicted octanol–water partition coefficient (Wildman–Crippen LogP) is 3.68. The highest BCUT2D eigenvalue weighted by molar-refractivity contribution is 5.87. The lowest BCUT2D eigenvalue weighted by Crippen LogP contribution is -2.33. The first kappa shape index (κ1) is 17.1. The SMILES string of the molecule is CC1CCN(C(=O)Cc2ccc(C(=O)O)cc2)C1c1cccc(F)c1. The van der Waals surface area contributed by atoms with Gasteiger partial charge in [0.15, 0.2) is 0 Å². The van der Waals surface area contributed by atoms with E-state index in [4.69, 9.17) is 5.11 Å². The molecule has 0 saturated carbocycles. The number of benzene rings is 2. The highest BCUT2D eigenvalue weighted by Crippen LogP contribution is 2.37. The van der Waals surface area contributed by atoms with Crippen molar-refractivity contribution >= 4 is 11.9 Å². The number of carboxylic acid groups (broad SMARTS) is 1. The lowest BCUT2D eigenvalue weighted by Gasteiger charge is -2.27. The minimum Gasteiger partial charge on any atom is -0.478 e. The molecule has 2 atom stereocenters. The molecule has 2 unspecified atom stereocenters. The van der Waals surface area contributed by atoms with Gasteiger partial charge in [-0.25, -0.2) is 9.18 Å². The number of hydrogen-bond donors (Lipinski definition) is 1. The predicted molar refractivity (Wildman–Crippen MR) is 91.7 cm³/mol. The summed E-state index contributed by atoms with van der Waals surface area (Å²) in [6.07, 6.45) is 1.09. The molecule has 1 amide bonds. The van der Waals surface area contributed by atoms with E-state index in [9.17, 15) is 14.0 Å². The number of amides is 1. The van der Waals surface area contributed by atoms with Gasteiger partial charge in [-0.05, 0) is 47.7 Å². The van der Waals surface area contributed by atoms with Crippen molar-refractivity contribution in [1.29, 1.82) is 0 Å². The molecule has 1 heterocycles. The zero-order valence-corrected chi connectivity index (χ0v) is 14.0. The van der Waals surface area contributed by atoms with Crippen molar-refractivity contribution in [1.82, 2.24) is 4.90 Å². The summed E-state index contributed by atoms with van der Waals surface area (Å²) in [5, 5.41) is 8.94. The van der Waals surface area contributed by atoms with Crippen LogP contribution in [0.1, 0.15) is 40.9 Å². The molecule has 3 rings (SSSR count). The fourth-order valence-corrected chi connectivity index (χ4v) is 3.47. The third-order valence-corrected chi connectivity index (χ3v) is 4.77. The molecule has 1 N–H and O–H groups in total. The van der Waals surface area contributed by atoms with E-state index in [2.05, 4.69) is 6.92 Å². The van der Waals surface area contributed by atoms with Gasteiger partial charge in [-0.1, -0.05) is 31.2 Å². The normalized spacial score (nSPS) is 19.8. The van der Waals surface area contributed by atoms with Crippen LogP contribution in [-0.4, -0.2) is 28.4 Å². The van der Waals surface area contributed by atoms with Gasteiger partial charge in [-0.15, -0.1) is 0 Å². The van der Waals surface area contributed by atoms with Crippen molar-refractivity contribution in [2.75, 3.05) is 6.54 Å². The summed E-state index contributed by atoms with van der Waals surface area (Å²) in [6, 6.07) is 12.6. The third-order valence-electron chi connectivity index (χ3n) is 4.77. The Morgan fingerprint density at radius 1 is 1.20 bits per heavy atom. The highest BCUT2D eigenvalue weighted by Gasteiger charge is 2.35. The molecule has 1 aliphatic rings. The second-order valence-electron chi connectivity index (χ2n) is 6.53. The van der Waals surface area contributed by atoms with E-state index >= 15 is 0 Å². The molecule has 1 saturated heterocycles. The van der Waals surface area contributed by atoms with Crippen molar-refractivity contribution in [3.05, 3.63) is 71.0 Å². The molecule has 0 spiro atoms. The number of carbonyl (C=O) groups excluding carboxylic acids is 1. The topological polar surface area (TPSA) is 57.6 Å². The maximum Gasteiger partial charge on any atom is 0.335 e. The molecule has 1 fully saturated rings. The van der Waals surface area contributed by atoms with Crippen LogP contribution < -0.4 is 0 Å². The maximum atomic E-state index is 13.6. The van der Waals surface area contributed by atoms with Gasteiger partial charge in [0.2, 0.25) is 5.91 Å².